The minimum absolute atomic E-state index is 0.165. The lowest BCUT2D eigenvalue weighted by molar-refractivity contribution is -0.121. The van der Waals surface area contributed by atoms with Gasteiger partial charge in [-0.2, -0.15) is 10.2 Å². The van der Waals surface area contributed by atoms with Crippen molar-refractivity contribution in [3.63, 3.8) is 0 Å². The van der Waals surface area contributed by atoms with Crippen molar-refractivity contribution in [1.29, 1.82) is 0 Å². The summed E-state index contributed by atoms with van der Waals surface area (Å²) in [4.78, 5) is 14.4. The predicted octanol–water partition coefficient (Wildman–Crippen LogP) is 5.91. The summed E-state index contributed by atoms with van der Waals surface area (Å²) in [7, 11) is 0. The lowest BCUT2D eigenvalue weighted by Gasteiger charge is -2.41. The highest BCUT2D eigenvalue weighted by atomic mass is 19.1. The number of hydrogen-bond donors (Lipinski definition) is 4. The second-order valence-corrected chi connectivity index (χ2v) is 12.0. The first-order valence-corrected chi connectivity index (χ1v) is 15.3. The summed E-state index contributed by atoms with van der Waals surface area (Å²) < 4.78 is 24.2. The van der Waals surface area contributed by atoms with E-state index in [1.54, 1.807) is 28.4 Å². The lowest BCUT2D eigenvalue weighted by atomic mass is 9.81. The third kappa shape index (κ3) is 4.75. The van der Waals surface area contributed by atoms with Crippen LogP contribution in [0.5, 0.6) is 17.4 Å². The van der Waals surface area contributed by atoms with Gasteiger partial charge < -0.3 is 25.6 Å². The maximum atomic E-state index is 14.4. The molecule has 0 spiro atoms. The quantitative estimate of drug-likeness (QED) is 0.185. The number of nitrogens with zero attached hydrogens (tertiary/aromatic N) is 4. The van der Waals surface area contributed by atoms with Gasteiger partial charge in [-0.1, -0.05) is 36.4 Å². The number of benzene rings is 4. The van der Waals surface area contributed by atoms with Gasteiger partial charge in [0.05, 0.1) is 39.8 Å². The first-order valence-electron chi connectivity index (χ1n) is 15.3. The Morgan fingerprint density at radius 3 is 2.17 bits per heavy atom. The van der Waals surface area contributed by atoms with E-state index in [-0.39, 0.29) is 28.8 Å². The van der Waals surface area contributed by atoms with Gasteiger partial charge in [0.25, 0.3) is 5.91 Å². The zero-order valence-electron chi connectivity index (χ0n) is 25.8. The minimum Gasteiger partial charge on any atom is -0.508 e. The average Bonchev–Trinajstić information content (AvgIpc) is 3.66. The number of hydrogen-bond acceptors (Lipinski definition) is 7. The van der Waals surface area contributed by atoms with E-state index in [0.29, 0.717) is 39.5 Å². The molecule has 0 radical (unpaired) electrons. The third-order valence-corrected chi connectivity index (χ3v) is 8.73. The Morgan fingerprint density at radius 1 is 0.854 bits per heavy atom. The topological polar surface area (TPSA) is 126 Å². The Hall–Kier alpha value is -6.36. The monoisotopic (exact) mass is 640 g/mol. The van der Waals surface area contributed by atoms with Crippen LogP contribution in [0, 0.1) is 12.7 Å². The van der Waals surface area contributed by atoms with Crippen molar-refractivity contribution in [3.05, 3.63) is 149 Å². The molecule has 238 valence electrons. The van der Waals surface area contributed by atoms with Crippen LogP contribution in [0.2, 0.25) is 0 Å². The predicted molar refractivity (Wildman–Crippen MR) is 175 cm³/mol. The molecule has 1 amide bonds. The number of carbonyl (C=O) groups excluding carboxylic acids is 1. The summed E-state index contributed by atoms with van der Waals surface area (Å²) in [6, 6.07) is 29.3. The van der Waals surface area contributed by atoms with E-state index in [0.717, 1.165) is 11.4 Å². The second kappa shape index (κ2) is 10.9. The molecule has 11 heteroatoms. The summed E-state index contributed by atoms with van der Waals surface area (Å²) in [5.41, 5.74) is 4.16. The van der Waals surface area contributed by atoms with Gasteiger partial charge in [0.2, 0.25) is 11.8 Å². The number of fused-ring (bicyclic) bond motifs is 1. The molecule has 4 aromatic carbocycles. The summed E-state index contributed by atoms with van der Waals surface area (Å²) >= 11 is 0. The van der Waals surface area contributed by atoms with Gasteiger partial charge >= 0.3 is 0 Å². The van der Waals surface area contributed by atoms with Crippen LogP contribution in [-0.2, 0) is 10.5 Å². The summed E-state index contributed by atoms with van der Waals surface area (Å²) in [5, 5.41) is 36.8. The summed E-state index contributed by atoms with van der Waals surface area (Å²) in [5.74, 6) is -1.29. The van der Waals surface area contributed by atoms with Gasteiger partial charge in [-0.25, -0.2) is 13.8 Å². The highest BCUT2D eigenvalue weighted by molar-refractivity contribution is 5.99. The highest BCUT2D eigenvalue weighted by Crippen LogP contribution is 2.49. The van der Waals surface area contributed by atoms with Crippen molar-refractivity contribution in [3.8, 4) is 40.0 Å². The molecule has 2 aliphatic heterocycles. The lowest BCUT2D eigenvalue weighted by Crippen LogP contribution is -2.59. The number of ether oxygens (including phenoxy) is 1. The van der Waals surface area contributed by atoms with Crippen LogP contribution >= 0.6 is 0 Å². The van der Waals surface area contributed by atoms with Gasteiger partial charge in [0.1, 0.15) is 23.0 Å². The van der Waals surface area contributed by atoms with Crippen LogP contribution in [0.3, 0.4) is 0 Å². The number of phenols is 2. The number of aromatic nitrogens is 4. The molecular formula is C37H29FN6O4. The smallest absolute Gasteiger partial charge is 0.255 e. The number of rotatable bonds is 5. The molecule has 0 aliphatic carbocycles. The number of amides is 1. The second-order valence-electron chi connectivity index (χ2n) is 12.0. The molecule has 10 nitrogen and oxygen atoms in total. The highest BCUT2D eigenvalue weighted by Gasteiger charge is 2.47. The minimum atomic E-state index is -1.28. The van der Waals surface area contributed by atoms with E-state index in [2.05, 4.69) is 10.6 Å². The van der Waals surface area contributed by atoms with E-state index in [1.165, 1.54) is 30.3 Å². The van der Waals surface area contributed by atoms with Crippen LogP contribution in [0.25, 0.3) is 22.6 Å². The number of nitrogens with one attached hydrogen (secondary N) is 2. The van der Waals surface area contributed by atoms with Crippen molar-refractivity contribution in [2.45, 2.75) is 25.4 Å². The van der Waals surface area contributed by atoms with Crippen LogP contribution in [0.1, 0.15) is 35.2 Å². The van der Waals surface area contributed by atoms with Crippen LogP contribution in [0.4, 0.5) is 4.39 Å². The molecular weight excluding hydrogens is 611 g/mol. The standard InChI is InChI=1S/C37H29FN6O4/c1-21-30-31(29-20-43(25-9-5-3-6-10-25)42-33(29)22-13-15-24(38)16-14-22)32-34(47)39-37(2,23-17-27(45)19-28(46)18-23)40-35(32)48-36(30)44(41-21)26-11-7-4-8-12-26/h3-20,31,40,45-46H,1-2H3,(H,39,47). The van der Waals surface area contributed by atoms with Crippen LogP contribution < -0.4 is 15.4 Å². The molecule has 2 unspecified atom stereocenters. The van der Waals surface area contributed by atoms with Gasteiger partial charge in [-0.05, 0) is 74.5 Å². The van der Waals surface area contributed by atoms with Crippen molar-refractivity contribution < 1.29 is 24.1 Å². The maximum Gasteiger partial charge on any atom is 0.255 e. The fraction of sp³-hybridized carbons (Fsp3) is 0.108. The molecule has 0 saturated heterocycles. The van der Waals surface area contributed by atoms with Gasteiger partial charge in [-0.3, -0.25) is 4.79 Å². The largest absolute Gasteiger partial charge is 0.508 e. The van der Waals surface area contributed by atoms with E-state index in [4.69, 9.17) is 14.9 Å². The number of phenolic OH excluding ortho intramolecular Hbond substituents is 2. The van der Waals surface area contributed by atoms with Gasteiger partial charge in [-0.15, -0.1) is 0 Å². The third-order valence-electron chi connectivity index (χ3n) is 8.73. The molecule has 48 heavy (non-hydrogen) atoms. The number of para-hydroxylation sites is 2. The first kappa shape index (κ1) is 29.1. The molecule has 0 fully saturated rings. The molecule has 2 aliphatic rings. The number of carbonyl (C=O) groups is 1. The first-order chi connectivity index (χ1) is 23.2. The fourth-order valence-electron chi connectivity index (χ4n) is 6.48. The number of halogens is 1. The zero-order chi connectivity index (χ0) is 33.2. The molecule has 8 rings (SSSR count). The Balaban J connectivity index is 1.38. The van der Waals surface area contributed by atoms with E-state index >= 15 is 0 Å². The van der Waals surface area contributed by atoms with E-state index < -0.39 is 17.5 Å². The Bertz CT molecular complexity index is 2230. The van der Waals surface area contributed by atoms with Crippen molar-refractivity contribution in [2.24, 2.45) is 0 Å². The molecule has 0 saturated carbocycles. The normalized spacial score (nSPS) is 18.4. The van der Waals surface area contributed by atoms with Crippen molar-refractivity contribution in [2.75, 3.05) is 0 Å². The maximum absolute atomic E-state index is 14.4. The van der Waals surface area contributed by atoms with Crippen molar-refractivity contribution >= 4 is 5.91 Å². The molecule has 0 bridgehead atoms. The molecule has 4 heterocycles. The van der Waals surface area contributed by atoms with Crippen molar-refractivity contribution in [1.82, 2.24) is 30.2 Å². The zero-order valence-corrected chi connectivity index (χ0v) is 25.8. The fourth-order valence-corrected chi connectivity index (χ4v) is 6.48. The molecule has 2 aromatic heterocycles. The number of aryl methyl sites for hydroxylation is 1. The summed E-state index contributed by atoms with van der Waals surface area (Å²) in [6.45, 7) is 3.58. The van der Waals surface area contributed by atoms with Gasteiger partial charge in [0, 0.05) is 29.0 Å². The summed E-state index contributed by atoms with van der Waals surface area (Å²) in [6.07, 6.45) is 1.88. The Morgan fingerprint density at radius 2 is 1.50 bits per heavy atom. The van der Waals surface area contributed by atoms with E-state index in [1.807, 2.05) is 73.8 Å². The molecule has 6 aromatic rings. The van der Waals surface area contributed by atoms with Crippen LogP contribution in [0.15, 0.2) is 121 Å². The van der Waals surface area contributed by atoms with Gasteiger partial charge in [0.15, 0.2) is 0 Å². The molecule has 2 atom stereocenters. The Labute approximate surface area is 274 Å². The van der Waals surface area contributed by atoms with E-state index in [9.17, 15) is 19.4 Å². The molecule has 4 N–H and O–H groups in total. The SMILES string of the molecule is Cc1nn(-c2ccccc2)c2c1C(c1cn(-c3ccccc3)nc1-c1ccc(F)cc1)C1=C(NC(C)(c3cc(O)cc(O)c3)NC1=O)O2. The number of aromatic hydroxyl groups is 2. The Kier molecular flexibility index (Phi) is 6.58. The van der Waals surface area contributed by atoms with Crippen LogP contribution in [-0.4, -0.2) is 35.7 Å². The average molecular weight is 641 g/mol.